The Morgan fingerprint density at radius 3 is 2.78 bits per heavy atom. The molecule has 5 nitrogen and oxygen atoms in total. The van der Waals surface area contributed by atoms with Crippen molar-refractivity contribution in [3.8, 4) is 0 Å². The van der Waals surface area contributed by atoms with E-state index < -0.39 is 0 Å². The van der Waals surface area contributed by atoms with Crippen molar-refractivity contribution in [1.29, 1.82) is 0 Å². The number of rotatable bonds is 8. The molecule has 5 heteroatoms. The molecular formula is C18H29N3O2. The van der Waals surface area contributed by atoms with Crippen LogP contribution in [0.25, 0.3) is 0 Å². The first kappa shape index (κ1) is 17.9. The normalized spacial score (nSPS) is 18.3. The first-order valence-electron chi connectivity index (χ1n) is 8.61. The van der Waals surface area contributed by atoms with E-state index in [1.807, 2.05) is 25.1 Å². The number of hydrogen-bond acceptors (Lipinski definition) is 4. The summed E-state index contributed by atoms with van der Waals surface area (Å²) in [5.41, 5.74) is 0.898. The van der Waals surface area contributed by atoms with Gasteiger partial charge in [0, 0.05) is 38.5 Å². The van der Waals surface area contributed by atoms with Crippen molar-refractivity contribution in [3.63, 3.8) is 0 Å². The van der Waals surface area contributed by atoms with Gasteiger partial charge >= 0.3 is 0 Å². The first-order chi connectivity index (χ1) is 11.2. The maximum absolute atomic E-state index is 12.2. The number of carbonyl (C=O) groups is 1. The van der Waals surface area contributed by atoms with E-state index in [-0.39, 0.29) is 17.6 Å². The van der Waals surface area contributed by atoms with Gasteiger partial charge in [-0.1, -0.05) is 25.3 Å². The van der Waals surface area contributed by atoms with Gasteiger partial charge in [0.25, 0.3) is 0 Å². The van der Waals surface area contributed by atoms with Gasteiger partial charge < -0.3 is 15.4 Å². The zero-order valence-electron chi connectivity index (χ0n) is 14.3. The van der Waals surface area contributed by atoms with Crippen LogP contribution in [0.15, 0.2) is 24.4 Å². The van der Waals surface area contributed by atoms with Gasteiger partial charge in [-0.15, -0.1) is 0 Å². The summed E-state index contributed by atoms with van der Waals surface area (Å²) in [5, 5.41) is 6.31. The topological polar surface area (TPSA) is 63.2 Å². The SMILES string of the molecule is COC1(CNC(C)C(=O)NCCc2ccccn2)CCCCC1. The molecule has 1 aliphatic carbocycles. The molecule has 2 rings (SSSR count). The lowest BCUT2D eigenvalue weighted by Gasteiger charge is -2.37. The quantitative estimate of drug-likeness (QED) is 0.770. The van der Waals surface area contributed by atoms with Crippen LogP contribution < -0.4 is 10.6 Å². The molecule has 1 aliphatic rings. The molecule has 1 aromatic rings. The fourth-order valence-electron chi connectivity index (χ4n) is 3.09. The molecule has 1 atom stereocenters. The molecule has 0 aliphatic heterocycles. The molecule has 1 saturated carbocycles. The van der Waals surface area contributed by atoms with Gasteiger partial charge in [0.2, 0.25) is 5.91 Å². The summed E-state index contributed by atoms with van der Waals surface area (Å²) in [4.78, 5) is 16.4. The maximum Gasteiger partial charge on any atom is 0.236 e. The van der Waals surface area contributed by atoms with Crippen LogP contribution in [0.3, 0.4) is 0 Å². The molecule has 1 aromatic heterocycles. The number of ether oxygens (including phenoxy) is 1. The summed E-state index contributed by atoms with van der Waals surface area (Å²) in [7, 11) is 1.78. The molecule has 23 heavy (non-hydrogen) atoms. The lowest BCUT2D eigenvalue weighted by molar-refractivity contribution is -0.123. The minimum Gasteiger partial charge on any atom is -0.377 e. The van der Waals surface area contributed by atoms with Crippen LogP contribution in [0.4, 0.5) is 0 Å². The molecule has 0 bridgehead atoms. The molecule has 1 unspecified atom stereocenters. The fourth-order valence-corrected chi connectivity index (χ4v) is 3.09. The molecule has 0 radical (unpaired) electrons. The van der Waals surface area contributed by atoms with Crippen LogP contribution >= 0.6 is 0 Å². The minimum absolute atomic E-state index is 0.0305. The Bertz CT molecular complexity index is 472. The highest BCUT2D eigenvalue weighted by atomic mass is 16.5. The number of amides is 1. The van der Waals surface area contributed by atoms with Crippen LogP contribution in [0.2, 0.25) is 0 Å². The Morgan fingerprint density at radius 1 is 1.35 bits per heavy atom. The summed E-state index contributed by atoms with van der Waals surface area (Å²) < 4.78 is 5.75. The lowest BCUT2D eigenvalue weighted by atomic mass is 9.84. The average Bonchev–Trinajstić information content (AvgIpc) is 2.61. The second-order valence-electron chi connectivity index (χ2n) is 6.41. The predicted molar refractivity (Wildman–Crippen MR) is 91.2 cm³/mol. The highest BCUT2D eigenvalue weighted by Gasteiger charge is 2.32. The highest BCUT2D eigenvalue weighted by molar-refractivity contribution is 5.81. The molecule has 0 saturated heterocycles. The fraction of sp³-hybridized carbons (Fsp3) is 0.667. The summed E-state index contributed by atoms with van der Waals surface area (Å²) in [6, 6.07) is 5.61. The van der Waals surface area contributed by atoms with E-state index in [0.717, 1.165) is 31.5 Å². The standard InChI is InChI=1S/C18H29N3O2/c1-15(21-14-18(23-2)10-5-3-6-11-18)17(22)20-13-9-16-8-4-7-12-19-16/h4,7-8,12,15,21H,3,5-6,9-11,13-14H2,1-2H3,(H,20,22). The summed E-state index contributed by atoms with van der Waals surface area (Å²) in [6.07, 6.45) is 8.38. The molecule has 1 amide bonds. The van der Waals surface area contributed by atoms with Gasteiger partial charge in [0.15, 0.2) is 0 Å². The number of hydrogen-bond donors (Lipinski definition) is 2. The van der Waals surface area contributed by atoms with E-state index in [1.165, 1.54) is 19.3 Å². The molecular weight excluding hydrogens is 290 g/mol. The van der Waals surface area contributed by atoms with Gasteiger partial charge in [0.1, 0.15) is 0 Å². The van der Waals surface area contributed by atoms with Crippen molar-refractivity contribution >= 4 is 5.91 Å². The zero-order valence-corrected chi connectivity index (χ0v) is 14.3. The second kappa shape index (κ2) is 8.99. The van der Waals surface area contributed by atoms with E-state index in [1.54, 1.807) is 13.3 Å². The lowest BCUT2D eigenvalue weighted by Crippen LogP contribution is -2.50. The number of nitrogens with zero attached hydrogens (tertiary/aromatic N) is 1. The number of carbonyl (C=O) groups excluding carboxylic acids is 1. The average molecular weight is 319 g/mol. The van der Waals surface area contributed by atoms with Gasteiger partial charge in [-0.25, -0.2) is 0 Å². The van der Waals surface area contributed by atoms with Crippen molar-refractivity contribution in [1.82, 2.24) is 15.6 Å². The third-order valence-corrected chi connectivity index (χ3v) is 4.73. The third kappa shape index (κ3) is 5.59. The van der Waals surface area contributed by atoms with Crippen LogP contribution in [0.1, 0.15) is 44.7 Å². The largest absolute Gasteiger partial charge is 0.377 e. The Hall–Kier alpha value is -1.46. The van der Waals surface area contributed by atoms with Crippen LogP contribution in [-0.2, 0) is 16.0 Å². The molecule has 1 heterocycles. The monoisotopic (exact) mass is 319 g/mol. The molecule has 0 aromatic carbocycles. The van der Waals surface area contributed by atoms with Crippen LogP contribution in [0, 0.1) is 0 Å². The Labute approximate surface area is 139 Å². The Kier molecular flexibility index (Phi) is 6.99. The van der Waals surface area contributed by atoms with Crippen LogP contribution in [0.5, 0.6) is 0 Å². The predicted octanol–water partition coefficient (Wildman–Crippen LogP) is 2.07. The molecule has 2 N–H and O–H groups in total. The van der Waals surface area contributed by atoms with Crippen molar-refractivity contribution in [2.75, 3.05) is 20.2 Å². The minimum atomic E-state index is -0.215. The van der Waals surface area contributed by atoms with Gasteiger partial charge in [-0.2, -0.15) is 0 Å². The van der Waals surface area contributed by atoms with Crippen molar-refractivity contribution in [3.05, 3.63) is 30.1 Å². The second-order valence-corrected chi connectivity index (χ2v) is 6.41. The number of methoxy groups -OCH3 is 1. The summed E-state index contributed by atoms with van der Waals surface area (Å²) in [5.74, 6) is 0.0305. The molecule has 1 fully saturated rings. The van der Waals surface area contributed by atoms with E-state index >= 15 is 0 Å². The maximum atomic E-state index is 12.2. The van der Waals surface area contributed by atoms with Gasteiger partial charge in [-0.05, 0) is 31.9 Å². The van der Waals surface area contributed by atoms with E-state index in [4.69, 9.17) is 4.74 Å². The first-order valence-corrected chi connectivity index (χ1v) is 8.61. The van der Waals surface area contributed by atoms with Gasteiger partial charge in [-0.3, -0.25) is 9.78 Å². The van der Waals surface area contributed by atoms with E-state index in [2.05, 4.69) is 15.6 Å². The van der Waals surface area contributed by atoms with Crippen molar-refractivity contribution < 1.29 is 9.53 Å². The number of aromatic nitrogens is 1. The van der Waals surface area contributed by atoms with Crippen molar-refractivity contribution in [2.45, 2.75) is 57.1 Å². The van der Waals surface area contributed by atoms with E-state index in [9.17, 15) is 4.79 Å². The highest BCUT2D eigenvalue weighted by Crippen LogP contribution is 2.30. The van der Waals surface area contributed by atoms with Crippen LogP contribution in [-0.4, -0.2) is 42.7 Å². The molecule has 0 spiro atoms. The Balaban J connectivity index is 1.70. The van der Waals surface area contributed by atoms with E-state index in [0.29, 0.717) is 6.54 Å². The summed E-state index contributed by atoms with van der Waals surface area (Å²) >= 11 is 0. The summed E-state index contributed by atoms with van der Waals surface area (Å²) in [6.45, 7) is 3.25. The number of pyridine rings is 1. The molecule has 128 valence electrons. The van der Waals surface area contributed by atoms with Gasteiger partial charge in [0.05, 0.1) is 11.6 Å². The zero-order chi connectivity index (χ0) is 16.5. The number of nitrogens with one attached hydrogen (secondary N) is 2. The smallest absolute Gasteiger partial charge is 0.236 e. The third-order valence-electron chi connectivity index (χ3n) is 4.73. The Morgan fingerprint density at radius 2 is 2.13 bits per heavy atom. The van der Waals surface area contributed by atoms with Crippen molar-refractivity contribution in [2.24, 2.45) is 0 Å².